The first-order valence-corrected chi connectivity index (χ1v) is 17.8. The van der Waals surface area contributed by atoms with Crippen molar-refractivity contribution >= 4 is 57.0 Å². The Bertz CT molecular complexity index is 2590. The van der Waals surface area contributed by atoms with Gasteiger partial charge >= 0.3 is 11.9 Å². The van der Waals surface area contributed by atoms with E-state index in [-0.39, 0.29) is 102 Å². The van der Waals surface area contributed by atoms with Crippen LogP contribution in [0.5, 0.6) is 0 Å². The number of ketones is 2. The Hall–Kier alpha value is -8.54. The molecule has 0 aliphatic heterocycles. The fourth-order valence-electron chi connectivity index (χ4n) is 6.61. The van der Waals surface area contributed by atoms with Crippen LogP contribution in [0.4, 0.5) is 22.7 Å². The summed E-state index contributed by atoms with van der Waals surface area (Å²) >= 11 is 0. The fraction of sp³-hybridized carbons (Fsp3) is 0.0952. The summed E-state index contributed by atoms with van der Waals surface area (Å²) in [6.07, 6.45) is 0. The molecule has 0 aliphatic rings. The molecular formula is C42H28N4O14. The normalized spacial score (nSPS) is 10.8. The molecule has 0 saturated carbocycles. The zero-order chi connectivity index (χ0) is 43.4. The first-order chi connectivity index (χ1) is 28.7. The summed E-state index contributed by atoms with van der Waals surface area (Å²) in [7, 11) is 0. The van der Waals surface area contributed by atoms with Gasteiger partial charge in [0.1, 0.15) is 0 Å². The molecule has 0 spiro atoms. The van der Waals surface area contributed by atoms with E-state index in [1.165, 1.54) is 50.2 Å². The molecule has 0 heterocycles. The van der Waals surface area contributed by atoms with Gasteiger partial charge in [-0.2, -0.15) is 0 Å². The molecule has 0 fully saturated rings. The van der Waals surface area contributed by atoms with Gasteiger partial charge in [-0.3, -0.25) is 50.0 Å². The number of carbonyl (C=O) groups excluding carboxylic acids is 4. The lowest BCUT2D eigenvalue weighted by molar-refractivity contribution is -0.385. The number of non-ortho nitro benzene ring substituents is 4. The third-order valence-corrected chi connectivity index (χ3v) is 9.30. The molecule has 0 aliphatic carbocycles. The highest BCUT2D eigenvalue weighted by molar-refractivity contribution is 6.28. The van der Waals surface area contributed by atoms with Crippen LogP contribution in [0.2, 0.25) is 0 Å². The Morgan fingerprint density at radius 3 is 0.967 bits per heavy atom. The van der Waals surface area contributed by atoms with Crippen LogP contribution in [0, 0.1) is 40.5 Å². The lowest BCUT2D eigenvalue weighted by Crippen LogP contribution is -2.18. The summed E-state index contributed by atoms with van der Waals surface area (Å²) in [5.74, 6) is -3.80. The zero-order valence-electron chi connectivity index (χ0n) is 31.3. The largest absolute Gasteiger partial charge is 0.462 e. The highest BCUT2D eigenvalue weighted by Gasteiger charge is 2.33. The van der Waals surface area contributed by atoms with Gasteiger partial charge in [-0.05, 0) is 96.4 Å². The molecule has 0 N–H and O–H groups in total. The van der Waals surface area contributed by atoms with Crippen molar-refractivity contribution in [1.29, 1.82) is 0 Å². The number of carbonyl (C=O) groups is 4. The van der Waals surface area contributed by atoms with Gasteiger partial charge in [-0.25, -0.2) is 9.59 Å². The molecule has 0 atom stereocenters. The second kappa shape index (κ2) is 16.9. The Morgan fingerprint density at radius 1 is 0.450 bits per heavy atom. The second-order valence-electron chi connectivity index (χ2n) is 12.8. The van der Waals surface area contributed by atoms with Gasteiger partial charge in [0.2, 0.25) is 0 Å². The summed E-state index contributed by atoms with van der Waals surface area (Å²) in [6.45, 7) is 2.64. The molecule has 6 rings (SSSR count). The third kappa shape index (κ3) is 7.87. The lowest BCUT2D eigenvalue weighted by atomic mass is 9.80. The molecule has 18 heteroatoms. The van der Waals surface area contributed by atoms with Crippen LogP contribution in [0.1, 0.15) is 66.4 Å². The van der Waals surface area contributed by atoms with Crippen molar-refractivity contribution in [3.05, 3.63) is 183 Å². The molecule has 0 unspecified atom stereocenters. The van der Waals surface area contributed by atoms with Crippen molar-refractivity contribution in [3.8, 4) is 22.3 Å². The van der Waals surface area contributed by atoms with Crippen LogP contribution < -0.4 is 0 Å². The minimum absolute atomic E-state index is 0.0128. The maximum absolute atomic E-state index is 14.7. The van der Waals surface area contributed by atoms with E-state index in [0.29, 0.717) is 0 Å². The number of esters is 2. The lowest BCUT2D eigenvalue weighted by Gasteiger charge is -2.22. The third-order valence-electron chi connectivity index (χ3n) is 9.30. The van der Waals surface area contributed by atoms with Crippen LogP contribution in [-0.2, 0) is 9.47 Å². The van der Waals surface area contributed by atoms with E-state index in [4.69, 9.17) is 9.47 Å². The number of hydrogen-bond donors (Lipinski definition) is 0. The first-order valence-electron chi connectivity index (χ1n) is 17.8. The van der Waals surface area contributed by atoms with Gasteiger partial charge in [-0.15, -0.1) is 0 Å². The standard InChI is InChI=1S/C42H28N4O14/c1-3-59-41(49)33-21-31-32(35(23-5-13-27(14-6-23)43(51)52)37(33)39(47)25-9-17-29(18-10-25)45(55)56)22-34(42(50)60-4-2)38(36(31)24-7-15-28(16-8-24)44(53)54)40(48)26-11-19-30(20-12-26)46(57)58/h5-22H,3-4H2,1-2H3. The summed E-state index contributed by atoms with van der Waals surface area (Å²) in [4.78, 5) is 101. The van der Waals surface area contributed by atoms with Crippen LogP contribution >= 0.6 is 0 Å². The molecule has 60 heavy (non-hydrogen) atoms. The zero-order valence-corrected chi connectivity index (χ0v) is 31.3. The van der Waals surface area contributed by atoms with Crippen molar-refractivity contribution in [2.75, 3.05) is 13.2 Å². The van der Waals surface area contributed by atoms with Gasteiger partial charge in [0.05, 0.1) is 44.0 Å². The van der Waals surface area contributed by atoms with Crippen LogP contribution in [0.15, 0.2) is 109 Å². The molecule has 0 saturated heterocycles. The van der Waals surface area contributed by atoms with Crippen LogP contribution in [0.3, 0.4) is 0 Å². The molecular weight excluding hydrogens is 784 g/mol. The van der Waals surface area contributed by atoms with E-state index in [1.54, 1.807) is 0 Å². The number of nitrogens with zero attached hydrogens (tertiary/aromatic N) is 4. The van der Waals surface area contributed by atoms with Gasteiger partial charge in [0, 0.05) is 81.9 Å². The summed E-state index contributed by atoms with van der Waals surface area (Å²) < 4.78 is 10.8. The number of ether oxygens (including phenoxy) is 2. The smallest absolute Gasteiger partial charge is 0.338 e. The highest BCUT2D eigenvalue weighted by atomic mass is 16.6. The SMILES string of the molecule is CCOC(=O)c1cc2c(-c3ccc([N+](=O)[O-])cc3)c(C(=O)c3ccc([N+](=O)[O-])cc3)c(C(=O)OCC)cc2c(-c2ccc([N+](=O)[O-])cc2)c1C(=O)c1ccc([N+](=O)[O-])cc1. The fourth-order valence-corrected chi connectivity index (χ4v) is 6.61. The van der Waals surface area contributed by atoms with Gasteiger partial charge in [-0.1, -0.05) is 0 Å². The highest BCUT2D eigenvalue weighted by Crippen LogP contribution is 2.44. The van der Waals surface area contributed by atoms with Crippen molar-refractivity contribution in [2.45, 2.75) is 13.8 Å². The quantitative estimate of drug-likeness (QED) is 0.0431. The first kappa shape index (κ1) is 41.1. The topological polar surface area (TPSA) is 259 Å². The Morgan fingerprint density at radius 2 is 0.717 bits per heavy atom. The maximum Gasteiger partial charge on any atom is 0.338 e. The predicted octanol–water partition coefficient (Wildman–Crippen LogP) is 8.62. The monoisotopic (exact) mass is 812 g/mol. The number of hydrogen-bond acceptors (Lipinski definition) is 14. The maximum atomic E-state index is 14.7. The van der Waals surface area contributed by atoms with Crippen molar-refractivity contribution < 1.29 is 48.3 Å². The van der Waals surface area contributed by atoms with E-state index >= 15 is 0 Å². The van der Waals surface area contributed by atoms with Gasteiger partial charge < -0.3 is 9.47 Å². The second-order valence-corrected chi connectivity index (χ2v) is 12.8. The van der Waals surface area contributed by atoms with Crippen LogP contribution in [0.25, 0.3) is 33.0 Å². The molecule has 18 nitrogen and oxygen atoms in total. The molecule has 0 aromatic heterocycles. The average molecular weight is 813 g/mol. The molecule has 6 aromatic carbocycles. The van der Waals surface area contributed by atoms with E-state index in [2.05, 4.69) is 0 Å². The van der Waals surface area contributed by atoms with Crippen molar-refractivity contribution in [3.63, 3.8) is 0 Å². The predicted molar refractivity (Wildman–Crippen MR) is 213 cm³/mol. The van der Waals surface area contributed by atoms with E-state index in [9.17, 15) is 59.6 Å². The van der Waals surface area contributed by atoms with Crippen molar-refractivity contribution in [2.24, 2.45) is 0 Å². The number of nitro benzene ring substituents is 4. The minimum Gasteiger partial charge on any atom is -0.462 e. The van der Waals surface area contributed by atoms with E-state index in [1.807, 2.05) is 0 Å². The molecule has 0 amide bonds. The summed E-state index contributed by atoms with van der Waals surface area (Å²) in [5.41, 5.74) is -3.07. The molecule has 300 valence electrons. The van der Waals surface area contributed by atoms with Gasteiger partial charge in [0.15, 0.2) is 11.6 Å². The summed E-state index contributed by atoms with van der Waals surface area (Å²) in [6, 6.07) is 21.1. The van der Waals surface area contributed by atoms with Gasteiger partial charge in [0.25, 0.3) is 22.7 Å². The van der Waals surface area contributed by atoms with E-state index in [0.717, 1.165) is 72.8 Å². The Labute approximate surface area is 337 Å². The Balaban J connectivity index is 1.86. The summed E-state index contributed by atoms with van der Waals surface area (Å²) in [5, 5.41) is 46.4. The number of benzene rings is 6. The molecule has 6 aromatic rings. The van der Waals surface area contributed by atoms with Crippen molar-refractivity contribution in [1.82, 2.24) is 0 Å². The number of fused-ring (bicyclic) bond motifs is 1. The van der Waals surface area contributed by atoms with Crippen LogP contribution in [-0.4, -0.2) is 56.4 Å². The molecule has 0 radical (unpaired) electrons. The molecule has 0 bridgehead atoms. The number of nitro groups is 4. The number of rotatable bonds is 14. The minimum atomic E-state index is -1.04. The average Bonchev–Trinajstić information content (AvgIpc) is 3.24. The Kier molecular flexibility index (Phi) is 11.6. The van der Waals surface area contributed by atoms with E-state index < -0.39 is 43.2 Å².